The number of sulfonamides is 1. The van der Waals surface area contributed by atoms with Crippen molar-refractivity contribution in [2.75, 3.05) is 4.72 Å². The van der Waals surface area contributed by atoms with E-state index in [1.807, 2.05) is 0 Å². The summed E-state index contributed by atoms with van der Waals surface area (Å²) in [6.45, 7) is 2.83. The van der Waals surface area contributed by atoms with Crippen LogP contribution in [0.2, 0.25) is 0 Å². The molecule has 0 aromatic heterocycles. The molecular weight excluding hydrogens is 313 g/mol. The van der Waals surface area contributed by atoms with Gasteiger partial charge in [-0.1, -0.05) is 12.2 Å². The highest BCUT2D eigenvalue weighted by Crippen LogP contribution is 2.34. The van der Waals surface area contributed by atoms with E-state index < -0.39 is 32.0 Å². The fourth-order valence-electron chi connectivity index (χ4n) is 1.34. The third-order valence-electron chi connectivity index (χ3n) is 2.47. The Balaban J connectivity index is 3.31. The second-order valence-corrected chi connectivity index (χ2v) is 6.99. The molecule has 0 spiro atoms. The van der Waals surface area contributed by atoms with Gasteiger partial charge in [-0.25, -0.2) is 8.42 Å². The summed E-state index contributed by atoms with van der Waals surface area (Å²) >= 11 is 4.55. The van der Waals surface area contributed by atoms with Crippen LogP contribution in [-0.4, -0.2) is 18.7 Å². The number of anilines is 1. The number of halogens is 3. The zero-order chi connectivity index (χ0) is 15.7. The largest absolute Gasteiger partial charge is 0.417 e. The molecule has 0 bridgehead atoms. The lowest BCUT2D eigenvalue weighted by molar-refractivity contribution is -0.137. The van der Waals surface area contributed by atoms with Crippen molar-refractivity contribution in [1.82, 2.24) is 0 Å². The molecule has 0 amide bonds. The van der Waals surface area contributed by atoms with Gasteiger partial charge in [0.25, 0.3) is 0 Å². The molecule has 0 saturated carbocycles. The Morgan fingerprint density at radius 1 is 1.35 bits per heavy atom. The van der Waals surface area contributed by atoms with Crippen LogP contribution in [0.3, 0.4) is 0 Å². The van der Waals surface area contributed by atoms with E-state index in [9.17, 15) is 21.6 Å². The van der Waals surface area contributed by atoms with Crippen molar-refractivity contribution in [3.8, 4) is 0 Å². The maximum absolute atomic E-state index is 12.9. The van der Waals surface area contributed by atoms with Crippen molar-refractivity contribution in [3.63, 3.8) is 0 Å². The molecule has 1 rings (SSSR count). The number of alkyl halides is 3. The molecule has 1 aromatic rings. The first kappa shape index (κ1) is 16.7. The van der Waals surface area contributed by atoms with Gasteiger partial charge in [0.15, 0.2) is 0 Å². The number of rotatable bonds is 4. The molecule has 0 atom stereocenters. The summed E-state index contributed by atoms with van der Waals surface area (Å²) in [5.74, 6) is 0. The SMILES string of the molecule is CC(C)S(=O)(=O)Nc1ccc(C(N)=S)c(C(F)(F)F)c1. The molecule has 0 fully saturated rings. The number of benzene rings is 1. The lowest BCUT2D eigenvalue weighted by atomic mass is 10.1. The van der Waals surface area contributed by atoms with Crippen molar-refractivity contribution in [2.24, 2.45) is 5.73 Å². The van der Waals surface area contributed by atoms with Gasteiger partial charge >= 0.3 is 6.18 Å². The molecule has 4 nitrogen and oxygen atoms in total. The molecule has 1 aromatic carbocycles. The lowest BCUT2D eigenvalue weighted by Gasteiger charge is -2.15. The first-order valence-corrected chi connectivity index (χ1v) is 7.43. The molecule has 0 saturated heterocycles. The minimum Gasteiger partial charge on any atom is -0.389 e. The first-order chi connectivity index (χ1) is 8.95. The fraction of sp³-hybridized carbons (Fsp3) is 0.364. The Morgan fingerprint density at radius 2 is 1.90 bits per heavy atom. The van der Waals surface area contributed by atoms with Crippen LogP contribution < -0.4 is 10.5 Å². The Kier molecular flexibility index (Phi) is 4.65. The fourth-order valence-corrected chi connectivity index (χ4v) is 2.21. The number of nitrogens with one attached hydrogen (secondary N) is 1. The van der Waals surface area contributed by atoms with Gasteiger partial charge in [0.2, 0.25) is 10.0 Å². The summed E-state index contributed by atoms with van der Waals surface area (Å²) in [6, 6.07) is 2.90. The van der Waals surface area contributed by atoms with E-state index in [4.69, 9.17) is 5.73 Å². The van der Waals surface area contributed by atoms with Gasteiger partial charge in [0, 0.05) is 11.3 Å². The Hall–Kier alpha value is -1.35. The van der Waals surface area contributed by atoms with E-state index in [-0.39, 0.29) is 11.3 Å². The highest BCUT2D eigenvalue weighted by molar-refractivity contribution is 7.93. The van der Waals surface area contributed by atoms with Crippen molar-refractivity contribution in [2.45, 2.75) is 25.3 Å². The summed E-state index contributed by atoms with van der Waals surface area (Å²) in [5, 5.41) is -0.771. The molecule has 9 heteroatoms. The molecule has 0 radical (unpaired) electrons. The second kappa shape index (κ2) is 5.57. The third-order valence-corrected chi connectivity index (χ3v) is 4.45. The average molecular weight is 326 g/mol. The Labute approximate surface area is 120 Å². The van der Waals surface area contributed by atoms with E-state index >= 15 is 0 Å². The molecule has 3 N–H and O–H groups in total. The lowest BCUT2D eigenvalue weighted by Crippen LogP contribution is -2.23. The number of hydrogen-bond donors (Lipinski definition) is 2. The van der Waals surface area contributed by atoms with Crippen LogP contribution in [0, 0.1) is 0 Å². The van der Waals surface area contributed by atoms with Gasteiger partial charge in [-0.15, -0.1) is 0 Å². The van der Waals surface area contributed by atoms with E-state index in [0.717, 1.165) is 6.07 Å². The van der Waals surface area contributed by atoms with Gasteiger partial charge < -0.3 is 5.73 Å². The molecular formula is C11H13F3N2O2S2. The zero-order valence-electron chi connectivity index (χ0n) is 10.7. The maximum Gasteiger partial charge on any atom is 0.417 e. The summed E-state index contributed by atoms with van der Waals surface area (Å²) < 4.78 is 64.0. The third kappa shape index (κ3) is 3.83. The molecule has 0 unspecified atom stereocenters. The predicted octanol–water partition coefficient (Wildman–Crippen LogP) is 2.49. The highest BCUT2D eigenvalue weighted by atomic mass is 32.2. The highest BCUT2D eigenvalue weighted by Gasteiger charge is 2.34. The summed E-state index contributed by atoms with van der Waals surface area (Å²) in [7, 11) is -3.73. The number of nitrogens with two attached hydrogens (primary N) is 1. The normalized spacial score (nSPS) is 12.5. The van der Waals surface area contributed by atoms with Gasteiger partial charge in [-0.3, -0.25) is 4.72 Å². The van der Waals surface area contributed by atoms with Crippen molar-refractivity contribution in [3.05, 3.63) is 29.3 Å². The summed E-state index contributed by atoms with van der Waals surface area (Å²) in [5.41, 5.74) is 3.62. The molecule has 0 aliphatic rings. The minimum atomic E-state index is -4.68. The minimum absolute atomic E-state index is 0.189. The van der Waals surface area contributed by atoms with Gasteiger partial charge in [0.05, 0.1) is 10.8 Å². The quantitative estimate of drug-likeness (QED) is 0.834. The molecule has 0 aliphatic carbocycles. The van der Waals surface area contributed by atoms with Crippen LogP contribution in [0.4, 0.5) is 18.9 Å². The second-order valence-electron chi connectivity index (χ2n) is 4.32. The van der Waals surface area contributed by atoms with Crippen LogP contribution in [0.1, 0.15) is 25.0 Å². The van der Waals surface area contributed by atoms with Crippen molar-refractivity contribution >= 4 is 32.9 Å². The molecule has 20 heavy (non-hydrogen) atoms. The number of hydrogen-bond acceptors (Lipinski definition) is 3. The van der Waals surface area contributed by atoms with Crippen LogP contribution in [-0.2, 0) is 16.2 Å². The topological polar surface area (TPSA) is 72.2 Å². The summed E-state index contributed by atoms with van der Waals surface area (Å²) in [4.78, 5) is -0.407. The summed E-state index contributed by atoms with van der Waals surface area (Å²) in [6.07, 6.45) is -4.68. The smallest absolute Gasteiger partial charge is 0.389 e. The van der Waals surface area contributed by atoms with Crippen LogP contribution in [0.5, 0.6) is 0 Å². The zero-order valence-corrected chi connectivity index (χ0v) is 12.3. The first-order valence-electron chi connectivity index (χ1n) is 5.48. The van der Waals surface area contributed by atoms with Crippen molar-refractivity contribution < 1.29 is 21.6 Å². The predicted molar refractivity (Wildman–Crippen MR) is 75.0 cm³/mol. The Morgan fingerprint density at radius 3 is 2.30 bits per heavy atom. The average Bonchev–Trinajstić information content (AvgIpc) is 2.26. The van der Waals surface area contributed by atoms with E-state index in [1.54, 1.807) is 0 Å². The molecule has 0 aliphatic heterocycles. The van der Waals surface area contributed by atoms with Crippen molar-refractivity contribution in [1.29, 1.82) is 0 Å². The molecule has 0 heterocycles. The van der Waals surface area contributed by atoms with Gasteiger partial charge in [0.1, 0.15) is 4.99 Å². The van der Waals surface area contributed by atoms with Crippen LogP contribution in [0.25, 0.3) is 0 Å². The van der Waals surface area contributed by atoms with Crippen LogP contribution in [0.15, 0.2) is 18.2 Å². The van der Waals surface area contributed by atoms with Gasteiger partial charge in [-0.2, -0.15) is 13.2 Å². The van der Waals surface area contributed by atoms with E-state index in [2.05, 4.69) is 16.9 Å². The van der Waals surface area contributed by atoms with Gasteiger partial charge in [-0.05, 0) is 32.0 Å². The Bertz CT molecular complexity index is 625. The van der Waals surface area contributed by atoms with E-state index in [1.165, 1.54) is 19.9 Å². The maximum atomic E-state index is 12.9. The number of thiocarbonyl (C=S) groups is 1. The monoisotopic (exact) mass is 326 g/mol. The molecule has 112 valence electrons. The standard InChI is InChI=1S/C11H13F3N2O2S2/c1-6(2)20(17,18)16-7-3-4-8(10(15)19)9(5-7)11(12,13)14/h3-6,16H,1-2H3,(H2,15,19). The van der Waals surface area contributed by atoms with Crippen LogP contribution >= 0.6 is 12.2 Å². The van der Waals surface area contributed by atoms with E-state index in [0.29, 0.717) is 6.07 Å².